The summed E-state index contributed by atoms with van der Waals surface area (Å²) in [4.78, 5) is 28.0. The maximum atomic E-state index is 12.4. The van der Waals surface area contributed by atoms with E-state index in [4.69, 9.17) is 9.26 Å². The lowest BCUT2D eigenvalue weighted by atomic mass is 10.1. The Kier molecular flexibility index (Phi) is 4.74. The molecule has 2 amide bonds. The van der Waals surface area contributed by atoms with Crippen molar-refractivity contribution < 1.29 is 18.8 Å². The first-order valence-corrected chi connectivity index (χ1v) is 8.19. The number of ether oxygens (including phenoxy) is 1. The van der Waals surface area contributed by atoms with Crippen LogP contribution in [-0.2, 0) is 16.1 Å². The predicted octanol–water partition coefficient (Wildman–Crippen LogP) is 2.15. The van der Waals surface area contributed by atoms with Crippen molar-refractivity contribution in [2.45, 2.75) is 32.9 Å². The smallest absolute Gasteiger partial charge is 0.267 e. The molecule has 1 aliphatic rings. The van der Waals surface area contributed by atoms with Crippen molar-refractivity contribution in [1.82, 2.24) is 10.1 Å². The molecule has 0 N–H and O–H groups in total. The lowest BCUT2D eigenvalue weighted by molar-refractivity contribution is -0.130. The molecular weight excluding hydrogens is 322 g/mol. The summed E-state index contributed by atoms with van der Waals surface area (Å²) in [7, 11) is 1.71. The van der Waals surface area contributed by atoms with Crippen LogP contribution in [0.1, 0.15) is 24.8 Å². The number of carbonyl (C=O) groups is 2. The molecule has 132 valence electrons. The number of anilines is 1. The normalized spacial score (nSPS) is 16.4. The number of hydrogen-bond acceptors (Lipinski definition) is 5. The first kappa shape index (κ1) is 17.0. The molecule has 1 aromatic carbocycles. The van der Waals surface area contributed by atoms with E-state index in [2.05, 4.69) is 5.16 Å². The van der Waals surface area contributed by atoms with Gasteiger partial charge in [-0.1, -0.05) is 17.3 Å². The molecule has 1 atom stereocenters. The van der Waals surface area contributed by atoms with E-state index < -0.39 is 6.10 Å². The van der Waals surface area contributed by atoms with Crippen molar-refractivity contribution in [1.29, 1.82) is 0 Å². The fourth-order valence-electron chi connectivity index (χ4n) is 2.81. The Labute approximate surface area is 146 Å². The van der Waals surface area contributed by atoms with Gasteiger partial charge in [0.2, 0.25) is 5.91 Å². The lowest BCUT2D eigenvalue weighted by Crippen LogP contribution is -2.45. The molecule has 7 heteroatoms. The number of fused-ring (bicyclic) bond motifs is 1. The van der Waals surface area contributed by atoms with E-state index >= 15 is 0 Å². The van der Waals surface area contributed by atoms with Crippen LogP contribution >= 0.6 is 0 Å². The second kappa shape index (κ2) is 6.96. The maximum Gasteiger partial charge on any atom is 0.267 e. The van der Waals surface area contributed by atoms with Crippen LogP contribution in [0.25, 0.3) is 0 Å². The molecule has 0 bridgehead atoms. The quantitative estimate of drug-likeness (QED) is 0.831. The second-order valence-corrected chi connectivity index (χ2v) is 6.15. The van der Waals surface area contributed by atoms with E-state index in [1.165, 1.54) is 0 Å². The number of aromatic nitrogens is 1. The summed E-state index contributed by atoms with van der Waals surface area (Å²) in [6.07, 6.45) is -0.332. The third-order valence-electron chi connectivity index (χ3n) is 4.12. The SMILES string of the molecule is Cc1cc(CN(C)C(=O)CCN2C(=O)[C@H](C)Oc3ccccc32)no1. The van der Waals surface area contributed by atoms with Crippen LogP contribution < -0.4 is 9.64 Å². The van der Waals surface area contributed by atoms with Crippen molar-refractivity contribution in [3.05, 3.63) is 41.8 Å². The number of hydrogen-bond donors (Lipinski definition) is 0. The number of carbonyl (C=O) groups excluding carboxylic acids is 2. The molecule has 2 aromatic rings. The Morgan fingerprint density at radius 3 is 2.84 bits per heavy atom. The van der Waals surface area contributed by atoms with Gasteiger partial charge in [0.15, 0.2) is 6.10 Å². The van der Waals surface area contributed by atoms with Gasteiger partial charge in [0, 0.05) is 26.1 Å². The van der Waals surface area contributed by atoms with Crippen LogP contribution in [0.5, 0.6) is 5.75 Å². The molecular formula is C18H21N3O4. The average Bonchev–Trinajstić information content (AvgIpc) is 3.00. The molecule has 0 spiro atoms. The van der Waals surface area contributed by atoms with Gasteiger partial charge in [0.05, 0.1) is 12.2 Å². The van der Waals surface area contributed by atoms with Crippen LogP contribution in [0.3, 0.4) is 0 Å². The summed E-state index contributed by atoms with van der Waals surface area (Å²) < 4.78 is 10.6. The van der Waals surface area contributed by atoms with Gasteiger partial charge >= 0.3 is 0 Å². The van der Waals surface area contributed by atoms with Gasteiger partial charge in [-0.3, -0.25) is 9.59 Å². The van der Waals surface area contributed by atoms with E-state index in [0.29, 0.717) is 36.0 Å². The first-order chi connectivity index (χ1) is 12.0. The summed E-state index contributed by atoms with van der Waals surface area (Å²) >= 11 is 0. The summed E-state index contributed by atoms with van der Waals surface area (Å²) in [5.41, 5.74) is 1.41. The highest BCUT2D eigenvalue weighted by molar-refractivity contribution is 6.00. The molecule has 0 radical (unpaired) electrons. The highest BCUT2D eigenvalue weighted by atomic mass is 16.5. The average molecular weight is 343 g/mol. The van der Waals surface area contributed by atoms with Gasteiger partial charge < -0.3 is 19.1 Å². The van der Waals surface area contributed by atoms with Crippen molar-refractivity contribution in [2.24, 2.45) is 0 Å². The molecule has 1 aromatic heterocycles. The monoisotopic (exact) mass is 343 g/mol. The minimum atomic E-state index is -0.555. The molecule has 0 fully saturated rings. The predicted molar refractivity (Wildman–Crippen MR) is 91.2 cm³/mol. The van der Waals surface area contributed by atoms with E-state index in [1.54, 1.807) is 36.8 Å². The van der Waals surface area contributed by atoms with Gasteiger partial charge in [0.1, 0.15) is 17.2 Å². The van der Waals surface area contributed by atoms with Gasteiger partial charge in [0.25, 0.3) is 5.91 Å². The van der Waals surface area contributed by atoms with Gasteiger partial charge in [-0.2, -0.15) is 0 Å². The minimum absolute atomic E-state index is 0.0647. The van der Waals surface area contributed by atoms with Crippen LogP contribution in [0.4, 0.5) is 5.69 Å². The summed E-state index contributed by atoms with van der Waals surface area (Å²) in [6, 6.07) is 9.16. The van der Waals surface area contributed by atoms with E-state index in [1.807, 2.05) is 24.3 Å². The Bertz CT molecular complexity index is 786. The molecule has 2 heterocycles. The van der Waals surface area contributed by atoms with E-state index in [0.717, 1.165) is 0 Å². The van der Waals surface area contributed by atoms with Gasteiger partial charge in [-0.05, 0) is 26.0 Å². The van der Waals surface area contributed by atoms with Crippen LogP contribution in [-0.4, -0.2) is 41.6 Å². The van der Waals surface area contributed by atoms with Crippen LogP contribution in [0.15, 0.2) is 34.9 Å². The Hall–Kier alpha value is -2.83. The molecule has 0 saturated heterocycles. The molecule has 3 rings (SSSR count). The fraction of sp³-hybridized carbons (Fsp3) is 0.389. The summed E-state index contributed by atoms with van der Waals surface area (Å²) in [5.74, 6) is 1.17. The number of para-hydroxylation sites is 2. The third-order valence-corrected chi connectivity index (χ3v) is 4.12. The standard InChI is InChI=1S/C18H21N3O4/c1-12-10-14(19-25-12)11-20(3)17(22)8-9-21-15-6-4-5-7-16(15)24-13(2)18(21)23/h4-7,10,13H,8-9,11H2,1-3H3/t13-/m0/s1. The number of aryl methyl sites for hydroxylation is 1. The zero-order valence-electron chi connectivity index (χ0n) is 14.6. The van der Waals surface area contributed by atoms with E-state index in [9.17, 15) is 9.59 Å². The van der Waals surface area contributed by atoms with E-state index in [-0.39, 0.29) is 18.2 Å². The summed E-state index contributed by atoms with van der Waals surface area (Å²) in [6.45, 7) is 4.21. The van der Waals surface area contributed by atoms with Crippen LogP contribution in [0.2, 0.25) is 0 Å². The van der Waals surface area contributed by atoms with Crippen molar-refractivity contribution in [2.75, 3.05) is 18.5 Å². The maximum absolute atomic E-state index is 12.4. The lowest BCUT2D eigenvalue weighted by Gasteiger charge is -2.33. The summed E-state index contributed by atoms with van der Waals surface area (Å²) in [5, 5.41) is 3.89. The number of benzene rings is 1. The number of amides is 2. The molecule has 7 nitrogen and oxygen atoms in total. The first-order valence-electron chi connectivity index (χ1n) is 8.19. The zero-order valence-corrected chi connectivity index (χ0v) is 14.6. The number of rotatable bonds is 5. The highest BCUT2D eigenvalue weighted by Crippen LogP contribution is 2.33. The van der Waals surface area contributed by atoms with Crippen molar-refractivity contribution >= 4 is 17.5 Å². The number of nitrogens with zero attached hydrogens (tertiary/aromatic N) is 3. The Balaban J connectivity index is 1.64. The van der Waals surface area contributed by atoms with Crippen molar-refractivity contribution in [3.8, 4) is 5.75 Å². The Morgan fingerprint density at radius 2 is 2.12 bits per heavy atom. The molecule has 0 saturated carbocycles. The highest BCUT2D eigenvalue weighted by Gasteiger charge is 2.31. The topological polar surface area (TPSA) is 75.9 Å². The van der Waals surface area contributed by atoms with Crippen LogP contribution in [0, 0.1) is 6.92 Å². The molecule has 25 heavy (non-hydrogen) atoms. The van der Waals surface area contributed by atoms with Crippen molar-refractivity contribution in [3.63, 3.8) is 0 Å². The molecule has 0 unspecified atom stereocenters. The minimum Gasteiger partial charge on any atom is -0.479 e. The second-order valence-electron chi connectivity index (χ2n) is 6.15. The largest absolute Gasteiger partial charge is 0.479 e. The molecule has 0 aliphatic carbocycles. The van der Waals surface area contributed by atoms with Gasteiger partial charge in [-0.25, -0.2) is 0 Å². The third kappa shape index (κ3) is 3.65. The zero-order chi connectivity index (χ0) is 18.0. The Morgan fingerprint density at radius 1 is 1.36 bits per heavy atom. The molecule has 1 aliphatic heterocycles. The fourth-order valence-corrected chi connectivity index (χ4v) is 2.81. The van der Waals surface area contributed by atoms with Gasteiger partial charge in [-0.15, -0.1) is 0 Å².